The monoisotopic (exact) mass is 207 g/mol. The lowest BCUT2D eigenvalue weighted by molar-refractivity contribution is 0.272. The molecule has 15 heavy (non-hydrogen) atoms. The van der Waals surface area contributed by atoms with Crippen molar-refractivity contribution in [2.24, 2.45) is 0 Å². The largest absolute Gasteiger partial charge is 0.388 e. The summed E-state index contributed by atoms with van der Waals surface area (Å²) >= 11 is 0. The third-order valence-corrected chi connectivity index (χ3v) is 2.05. The molecule has 0 amide bonds. The van der Waals surface area contributed by atoms with Crippen molar-refractivity contribution in [3.63, 3.8) is 0 Å². The molecule has 2 rings (SSSR count). The Morgan fingerprint density at radius 3 is 2.80 bits per heavy atom. The molecule has 0 atom stereocenters. The molecule has 0 saturated heterocycles. The van der Waals surface area contributed by atoms with Crippen molar-refractivity contribution in [2.75, 3.05) is 0 Å². The Hall–Kier alpha value is -1.75. The van der Waals surface area contributed by atoms with Gasteiger partial charge in [0, 0.05) is 5.69 Å². The van der Waals surface area contributed by atoms with Crippen LogP contribution in [0.1, 0.15) is 11.5 Å². The van der Waals surface area contributed by atoms with E-state index < -0.39 is 0 Å². The molecular formula is C10H10FN3O. The highest BCUT2D eigenvalue weighted by atomic mass is 19.1. The molecule has 0 aliphatic carbocycles. The zero-order valence-corrected chi connectivity index (χ0v) is 8.16. The summed E-state index contributed by atoms with van der Waals surface area (Å²) in [6, 6.07) is 2.88. The number of hydrogen-bond acceptors (Lipinski definition) is 3. The molecule has 0 aliphatic rings. The zero-order chi connectivity index (χ0) is 10.8. The first-order chi connectivity index (χ1) is 7.20. The molecule has 2 aromatic rings. The molecule has 0 bridgehead atoms. The van der Waals surface area contributed by atoms with Gasteiger partial charge in [-0.25, -0.2) is 9.37 Å². The van der Waals surface area contributed by atoms with Gasteiger partial charge in [0.15, 0.2) is 0 Å². The van der Waals surface area contributed by atoms with Gasteiger partial charge in [-0.3, -0.25) is 4.98 Å². The molecule has 2 N–H and O–H groups in total. The van der Waals surface area contributed by atoms with E-state index in [0.29, 0.717) is 17.2 Å². The predicted octanol–water partition coefficient (Wildman–Crippen LogP) is 1.41. The van der Waals surface area contributed by atoms with Crippen molar-refractivity contribution in [2.45, 2.75) is 13.5 Å². The number of imidazole rings is 1. The number of H-pyrrole nitrogens is 1. The van der Waals surface area contributed by atoms with Gasteiger partial charge in [-0.05, 0) is 19.1 Å². The van der Waals surface area contributed by atoms with Gasteiger partial charge in [-0.1, -0.05) is 0 Å². The van der Waals surface area contributed by atoms with Gasteiger partial charge in [0.05, 0.1) is 11.9 Å². The van der Waals surface area contributed by atoms with Crippen molar-refractivity contribution >= 4 is 0 Å². The standard InChI is InChI=1S/C10H10FN3O/c1-6-10(14-9(5-15)13-6)8-3-2-7(11)4-12-8/h2-4,15H,5H2,1H3,(H,13,14). The van der Waals surface area contributed by atoms with Crippen LogP contribution in [0.2, 0.25) is 0 Å². The summed E-state index contributed by atoms with van der Waals surface area (Å²) in [6.07, 6.45) is 1.14. The molecule has 0 unspecified atom stereocenters. The summed E-state index contributed by atoms with van der Waals surface area (Å²) in [5.41, 5.74) is 2.03. The maximum absolute atomic E-state index is 12.6. The van der Waals surface area contributed by atoms with Crippen LogP contribution >= 0.6 is 0 Å². The van der Waals surface area contributed by atoms with Crippen LogP contribution in [0.3, 0.4) is 0 Å². The molecular weight excluding hydrogens is 197 g/mol. The van der Waals surface area contributed by atoms with Crippen LogP contribution in [-0.4, -0.2) is 20.1 Å². The van der Waals surface area contributed by atoms with Gasteiger partial charge in [0.25, 0.3) is 0 Å². The molecule has 2 heterocycles. The Labute approximate surface area is 85.8 Å². The van der Waals surface area contributed by atoms with Crippen LogP contribution in [0.15, 0.2) is 18.3 Å². The van der Waals surface area contributed by atoms with Crippen molar-refractivity contribution in [1.29, 1.82) is 0 Å². The smallest absolute Gasteiger partial charge is 0.141 e. The first-order valence-corrected chi connectivity index (χ1v) is 4.49. The number of aliphatic hydroxyl groups excluding tert-OH is 1. The van der Waals surface area contributed by atoms with Gasteiger partial charge in [-0.2, -0.15) is 0 Å². The summed E-state index contributed by atoms with van der Waals surface area (Å²) in [7, 11) is 0. The normalized spacial score (nSPS) is 10.6. The highest BCUT2D eigenvalue weighted by molar-refractivity contribution is 5.56. The van der Waals surface area contributed by atoms with Crippen LogP contribution in [-0.2, 0) is 6.61 Å². The van der Waals surface area contributed by atoms with Crippen molar-refractivity contribution in [1.82, 2.24) is 15.0 Å². The molecule has 78 valence electrons. The zero-order valence-electron chi connectivity index (χ0n) is 8.16. The van der Waals surface area contributed by atoms with Gasteiger partial charge in [0.1, 0.15) is 23.9 Å². The minimum absolute atomic E-state index is 0.151. The number of aliphatic hydroxyl groups is 1. The molecule has 2 aromatic heterocycles. The van der Waals surface area contributed by atoms with E-state index in [1.807, 2.05) is 6.92 Å². The lowest BCUT2D eigenvalue weighted by atomic mass is 10.2. The third kappa shape index (κ3) is 1.87. The first-order valence-electron chi connectivity index (χ1n) is 4.49. The van der Waals surface area contributed by atoms with E-state index in [1.54, 1.807) is 6.07 Å². The number of nitrogens with one attached hydrogen (secondary N) is 1. The molecule has 0 saturated carbocycles. The Morgan fingerprint density at radius 2 is 2.27 bits per heavy atom. The minimum Gasteiger partial charge on any atom is -0.388 e. The van der Waals surface area contributed by atoms with E-state index >= 15 is 0 Å². The maximum atomic E-state index is 12.6. The van der Waals surface area contributed by atoms with E-state index in [2.05, 4.69) is 15.0 Å². The maximum Gasteiger partial charge on any atom is 0.141 e. The second-order valence-electron chi connectivity index (χ2n) is 3.18. The fourth-order valence-electron chi connectivity index (χ4n) is 1.36. The second kappa shape index (κ2) is 3.78. The van der Waals surface area contributed by atoms with E-state index in [1.165, 1.54) is 6.07 Å². The van der Waals surface area contributed by atoms with Gasteiger partial charge in [0.2, 0.25) is 0 Å². The summed E-state index contributed by atoms with van der Waals surface area (Å²) in [5, 5.41) is 8.89. The lowest BCUT2D eigenvalue weighted by Gasteiger charge is -1.96. The average molecular weight is 207 g/mol. The fraction of sp³-hybridized carbons (Fsp3) is 0.200. The number of nitrogens with zero attached hydrogens (tertiary/aromatic N) is 2. The van der Waals surface area contributed by atoms with Gasteiger partial charge in [-0.15, -0.1) is 0 Å². The SMILES string of the molecule is Cc1[nH]c(CO)nc1-c1ccc(F)cn1. The highest BCUT2D eigenvalue weighted by Crippen LogP contribution is 2.18. The van der Waals surface area contributed by atoms with Gasteiger partial charge < -0.3 is 10.1 Å². The first kappa shape index (κ1) is 9.79. The van der Waals surface area contributed by atoms with E-state index in [0.717, 1.165) is 11.9 Å². The number of pyridine rings is 1. The van der Waals surface area contributed by atoms with E-state index in [4.69, 9.17) is 5.11 Å². The van der Waals surface area contributed by atoms with Gasteiger partial charge >= 0.3 is 0 Å². The predicted molar refractivity (Wildman–Crippen MR) is 52.4 cm³/mol. The summed E-state index contributed by atoms with van der Waals surface area (Å²) in [4.78, 5) is 11.0. The Morgan fingerprint density at radius 1 is 1.47 bits per heavy atom. The van der Waals surface area contributed by atoms with Crippen molar-refractivity contribution in [3.8, 4) is 11.4 Å². The second-order valence-corrected chi connectivity index (χ2v) is 3.18. The molecule has 5 heteroatoms. The number of aryl methyl sites for hydroxylation is 1. The van der Waals surface area contributed by atoms with E-state index in [-0.39, 0.29) is 12.4 Å². The highest BCUT2D eigenvalue weighted by Gasteiger charge is 2.09. The number of aromatic nitrogens is 3. The van der Waals surface area contributed by atoms with E-state index in [9.17, 15) is 4.39 Å². The Kier molecular flexibility index (Phi) is 2.47. The minimum atomic E-state index is -0.380. The number of rotatable bonds is 2. The van der Waals surface area contributed by atoms with Crippen LogP contribution < -0.4 is 0 Å². The third-order valence-electron chi connectivity index (χ3n) is 2.05. The number of halogens is 1. The van der Waals surface area contributed by atoms with Crippen LogP contribution in [0.4, 0.5) is 4.39 Å². The Balaban J connectivity index is 2.44. The number of hydrogen-bond donors (Lipinski definition) is 2. The molecule has 0 aliphatic heterocycles. The lowest BCUT2D eigenvalue weighted by Crippen LogP contribution is -1.87. The molecule has 0 fully saturated rings. The molecule has 0 aromatic carbocycles. The Bertz CT molecular complexity index is 464. The van der Waals surface area contributed by atoms with Crippen LogP contribution in [0.5, 0.6) is 0 Å². The summed E-state index contributed by atoms with van der Waals surface area (Å²) in [6.45, 7) is 1.68. The molecule has 0 spiro atoms. The fourth-order valence-corrected chi connectivity index (χ4v) is 1.36. The summed E-state index contributed by atoms with van der Waals surface area (Å²) in [5.74, 6) is 0.0999. The number of aromatic amines is 1. The van der Waals surface area contributed by atoms with Crippen molar-refractivity contribution in [3.05, 3.63) is 35.7 Å². The molecule has 4 nitrogen and oxygen atoms in total. The van der Waals surface area contributed by atoms with Crippen LogP contribution in [0.25, 0.3) is 11.4 Å². The van der Waals surface area contributed by atoms with Crippen molar-refractivity contribution < 1.29 is 9.50 Å². The average Bonchev–Trinajstić information content (AvgIpc) is 2.61. The van der Waals surface area contributed by atoms with Crippen LogP contribution in [0, 0.1) is 12.7 Å². The molecule has 0 radical (unpaired) electrons. The summed E-state index contributed by atoms with van der Waals surface area (Å²) < 4.78 is 12.6. The topological polar surface area (TPSA) is 61.8 Å². The quantitative estimate of drug-likeness (QED) is 0.782.